The third kappa shape index (κ3) is 8.60. The summed E-state index contributed by atoms with van der Waals surface area (Å²) < 4.78 is 11.0. The van der Waals surface area contributed by atoms with E-state index in [1.165, 1.54) is 55.3 Å². The molecule has 292 valence electrons. The Morgan fingerprint density at radius 3 is 2.30 bits per heavy atom. The highest BCUT2D eigenvalue weighted by atomic mass is 32.1. The summed E-state index contributed by atoms with van der Waals surface area (Å²) in [5.74, 6) is -2.34. The summed E-state index contributed by atoms with van der Waals surface area (Å²) in [5.41, 5.74) is 5.43. The molecule has 2 aliphatic heterocycles. The topological polar surface area (TPSA) is 170 Å². The van der Waals surface area contributed by atoms with Crippen LogP contribution < -0.4 is 15.8 Å². The predicted octanol–water partition coefficient (Wildman–Crippen LogP) is 9.13. The normalized spacial score (nSPS) is 15.3. The van der Waals surface area contributed by atoms with E-state index in [4.69, 9.17) is 24.6 Å². The van der Waals surface area contributed by atoms with Crippen molar-refractivity contribution < 1.29 is 33.8 Å². The van der Waals surface area contributed by atoms with E-state index in [1.807, 2.05) is 38.1 Å². The standard InChI is InChI=1S/C31H28N2O4S2.C11H15NO4S/c1-30(2)9-11-33-12-10-31(3,4)25-26(33)21(30)15-17-14-20(29(36)37-27(17)25)22-7-8-24(39-22)23-6-5-19(38-23)13-18(16-32)28(34)35;1-7-5-9(8(2)17-7)3-4-16-11(15)12-6-10(13)14/h5-8,13-15H,9-12H2,1-4H3,(H,34,35);5H,3-4,6H2,1-2H3,(H,12,15)(H,13,14)/b18-13-;. The molecule has 14 heteroatoms. The molecule has 0 saturated carbocycles. The molecule has 0 atom stereocenters. The summed E-state index contributed by atoms with van der Waals surface area (Å²) in [6.45, 7) is 15.0. The highest BCUT2D eigenvalue weighted by molar-refractivity contribution is 7.24. The second kappa shape index (κ2) is 16.1. The molecule has 1 amide bonds. The molecule has 0 aliphatic carbocycles. The summed E-state index contributed by atoms with van der Waals surface area (Å²) in [6.07, 6.45) is 3.43. The molecule has 0 radical (unpaired) electrons. The lowest BCUT2D eigenvalue weighted by molar-refractivity contribution is -0.136. The SMILES string of the molecule is CC1(C)CCN2CCC(C)(C)c3c2c1cc1cc(-c2ccc(-c4ccc(/C=C(/C#N)C(=O)O)s4)s2)c(=O)oc31.Cc1cc(CCOC(=O)NCC(=O)O)c(C)s1. The second-order valence-electron chi connectivity index (χ2n) is 15.2. The number of nitrogens with zero attached hydrogens (tertiary/aromatic N) is 2. The number of hydrogen-bond acceptors (Lipinski definition) is 11. The number of carboxylic acid groups (broad SMARTS) is 2. The molecule has 5 aromatic rings. The van der Waals surface area contributed by atoms with E-state index in [2.05, 4.69) is 50.0 Å². The molecule has 1 aromatic carbocycles. The maximum Gasteiger partial charge on any atom is 0.407 e. The fourth-order valence-corrected chi connectivity index (χ4v) is 10.2. The van der Waals surface area contributed by atoms with Crippen molar-refractivity contribution in [2.75, 3.05) is 31.1 Å². The van der Waals surface area contributed by atoms with Crippen molar-refractivity contribution in [3.63, 3.8) is 0 Å². The molecule has 11 nitrogen and oxygen atoms in total. The molecule has 56 heavy (non-hydrogen) atoms. The first-order chi connectivity index (χ1) is 26.5. The molecule has 4 aromatic heterocycles. The number of alkyl carbamates (subject to hydrolysis) is 1. The molecule has 3 N–H and O–H groups in total. The van der Waals surface area contributed by atoms with Crippen LogP contribution >= 0.6 is 34.0 Å². The van der Waals surface area contributed by atoms with Crippen molar-refractivity contribution in [2.45, 2.75) is 71.6 Å². The number of aryl methyl sites for hydroxylation is 2. The average Bonchev–Trinajstić information content (AvgIpc) is 3.88. The van der Waals surface area contributed by atoms with Gasteiger partial charge in [-0.05, 0) is 97.2 Å². The number of amides is 1. The molecular formula is C42H43N3O8S3. The Balaban J connectivity index is 0.000000264. The summed E-state index contributed by atoms with van der Waals surface area (Å²) in [4.78, 5) is 54.1. The quantitative estimate of drug-likeness (QED) is 0.0741. The van der Waals surface area contributed by atoms with Crippen LogP contribution in [-0.2, 0) is 31.6 Å². The third-order valence-electron chi connectivity index (χ3n) is 10.2. The highest BCUT2D eigenvalue weighted by Gasteiger charge is 2.42. The van der Waals surface area contributed by atoms with E-state index in [1.54, 1.807) is 23.5 Å². The minimum Gasteiger partial charge on any atom is -0.480 e. The van der Waals surface area contributed by atoms with Crippen LogP contribution in [0.15, 0.2) is 57.2 Å². The van der Waals surface area contributed by atoms with Gasteiger partial charge in [0, 0.05) is 65.4 Å². The number of ether oxygens (including phenoxy) is 1. The molecule has 0 bridgehead atoms. The monoisotopic (exact) mass is 813 g/mol. The molecule has 0 saturated heterocycles. The van der Waals surface area contributed by atoms with Gasteiger partial charge in [-0.1, -0.05) is 27.7 Å². The number of nitrogens with one attached hydrogen (secondary N) is 1. The lowest BCUT2D eigenvalue weighted by Gasteiger charge is -2.48. The van der Waals surface area contributed by atoms with Crippen molar-refractivity contribution in [3.05, 3.63) is 89.8 Å². The molecular weight excluding hydrogens is 771 g/mol. The molecule has 2 aliphatic rings. The van der Waals surface area contributed by atoms with Crippen LogP contribution in [0, 0.1) is 25.2 Å². The maximum atomic E-state index is 13.4. The van der Waals surface area contributed by atoms with Crippen LogP contribution in [0.1, 0.15) is 71.9 Å². The van der Waals surface area contributed by atoms with Gasteiger partial charge >= 0.3 is 23.7 Å². The van der Waals surface area contributed by atoms with Crippen LogP contribution in [0.25, 0.3) is 37.2 Å². The zero-order valence-electron chi connectivity index (χ0n) is 32.0. The number of aliphatic carboxylic acids is 2. The van der Waals surface area contributed by atoms with E-state index in [-0.39, 0.29) is 28.6 Å². The Kier molecular flexibility index (Phi) is 11.6. The zero-order valence-corrected chi connectivity index (χ0v) is 34.5. The fourth-order valence-electron chi connectivity index (χ4n) is 7.17. The third-order valence-corrected chi connectivity index (χ3v) is 13.6. The van der Waals surface area contributed by atoms with Crippen LogP contribution in [0.5, 0.6) is 0 Å². The first-order valence-corrected chi connectivity index (χ1v) is 20.6. The van der Waals surface area contributed by atoms with Crippen molar-refractivity contribution in [3.8, 4) is 26.3 Å². The lowest BCUT2D eigenvalue weighted by atomic mass is 9.69. The second-order valence-corrected chi connectivity index (χ2v) is 18.8. The Labute approximate surface area is 336 Å². The van der Waals surface area contributed by atoms with Gasteiger partial charge in [-0.15, -0.1) is 34.0 Å². The first-order valence-electron chi connectivity index (χ1n) is 18.1. The maximum absolute atomic E-state index is 13.4. The van der Waals surface area contributed by atoms with Crippen molar-refractivity contribution in [1.29, 1.82) is 5.26 Å². The van der Waals surface area contributed by atoms with Gasteiger partial charge in [-0.25, -0.2) is 14.4 Å². The Hall–Kier alpha value is -5.23. The van der Waals surface area contributed by atoms with Gasteiger partial charge in [0.2, 0.25) is 0 Å². The summed E-state index contributed by atoms with van der Waals surface area (Å²) in [7, 11) is 0. The van der Waals surface area contributed by atoms with E-state index in [9.17, 15) is 19.2 Å². The van der Waals surface area contributed by atoms with E-state index in [0.29, 0.717) is 22.4 Å². The average molecular weight is 814 g/mol. The van der Waals surface area contributed by atoms with Gasteiger partial charge in [-0.3, -0.25) is 4.79 Å². The van der Waals surface area contributed by atoms with Crippen molar-refractivity contribution >= 4 is 74.8 Å². The lowest BCUT2D eigenvalue weighted by Crippen LogP contribution is -2.44. The number of nitriles is 1. The summed E-state index contributed by atoms with van der Waals surface area (Å²) in [6, 6.07) is 15.6. The van der Waals surface area contributed by atoms with Gasteiger partial charge in [0.1, 0.15) is 23.8 Å². The van der Waals surface area contributed by atoms with E-state index in [0.717, 1.165) is 51.5 Å². The van der Waals surface area contributed by atoms with Gasteiger partial charge < -0.3 is 29.6 Å². The van der Waals surface area contributed by atoms with Gasteiger partial charge in [0.15, 0.2) is 0 Å². The highest BCUT2D eigenvalue weighted by Crippen LogP contribution is 2.52. The predicted molar refractivity (Wildman–Crippen MR) is 222 cm³/mol. The number of rotatable bonds is 9. The Morgan fingerprint density at radius 1 is 0.964 bits per heavy atom. The smallest absolute Gasteiger partial charge is 0.407 e. The molecule has 6 heterocycles. The number of carboxylic acids is 2. The Bertz CT molecular complexity index is 2470. The van der Waals surface area contributed by atoms with Crippen LogP contribution in [0.3, 0.4) is 0 Å². The zero-order chi connectivity index (χ0) is 40.5. The number of thiophene rings is 3. The number of hydrogen-bond donors (Lipinski definition) is 3. The van der Waals surface area contributed by atoms with Crippen molar-refractivity contribution in [2.24, 2.45) is 0 Å². The summed E-state index contributed by atoms with van der Waals surface area (Å²) in [5, 5.41) is 29.6. The minimum absolute atomic E-state index is 0.0337. The van der Waals surface area contributed by atoms with Gasteiger partial charge in [0.05, 0.1) is 12.2 Å². The fraction of sp³-hybridized carbons (Fsp3) is 0.357. The Morgan fingerprint density at radius 2 is 1.64 bits per heavy atom. The van der Waals surface area contributed by atoms with Gasteiger partial charge in [0.25, 0.3) is 0 Å². The van der Waals surface area contributed by atoms with Crippen LogP contribution in [0.2, 0.25) is 0 Å². The molecule has 0 spiro atoms. The number of anilines is 1. The van der Waals surface area contributed by atoms with Gasteiger partial charge in [-0.2, -0.15) is 5.26 Å². The van der Waals surface area contributed by atoms with Crippen molar-refractivity contribution in [1.82, 2.24) is 5.32 Å². The van der Waals surface area contributed by atoms with Crippen LogP contribution in [0.4, 0.5) is 10.5 Å². The number of carbonyl (C=O) groups excluding carboxylic acids is 1. The number of carbonyl (C=O) groups is 3. The molecule has 0 unspecified atom stereocenters. The number of fused-ring (bicyclic) bond motifs is 2. The number of benzene rings is 1. The van der Waals surface area contributed by atoms with E-state index < -0.39 is 24.6 Å². The van der Waals surface area contributed by atoms with Crippen LogP contribution in [-0.4, -0.2) is 54.5 Å². The van der Waals surface area contributed by atoms with E-state index >= 15 is 0 Å². The first kappa shape index (κ1) is 40.4. The molecule has 7 rings (SSSR count). The summed E-state index contributed by atoms with van der Waals surface area (Å²) >= 11 is 4.61. The largest absolute Gasteiger partial charge is 0.480 e. The molecule has 0 fully saturated rings. The minimum atomic E-state index is -1.25.